The number of nitrogens with zero attached hydrogens (tertiary/aromatic N) is 2. The van der Waals surface area contributed by atoms with Gasteiger partial charge >= 0.3 is 0 Å². The average Bonchev–Trinajstić information content (AvgIpc) is 3.04. The molecule has 1 aliphatic heterocycles. The zero-order valence-corrected chi connectivity index (χ0v) is 14.8. The first-order valence-corrected chi connectivity index (χ1v) is 9.09. The zero-order chi connectivity index (χ0) is 17.6. The Balaban J connectivity index is 1.50. The highest BCUT2D eigenvalue weighted by atomic mass is 16.5. The monoisotopic (exact) mass is 343 g/mol. The summed E-state index contributed by atoms with van der Waals surface area (Å²) < 4.78 is 5.80. The van der Waals surface area contributed by atoms with E-state index in [0.29, 0.717) is 31.8 Å². The van der Waals surface area contributed by atoms with Crippen molar-refractivity contribution in [2.24, 2.45) is 5.41 Å². The van der Waals surface area contributed by atoms with E-state index in [4.69, 9.17) is 4.74 Å². The number of aliphatic hydroxyl groups excluding tert-OH is 1. The smallest absolute Gasteiger partial charge is 0.274 e. The van der Waals surface area contributed by atoms with Crippen molar-refractivity contribution in [1.82, 2.24) is 15.1 Å². The maximum Gasteiger partial charge on any atom is 0.274 e. The van der Waals surface area contributed by atoms with Gasteiger partial charge < -0.3 is 14.7 Å². The van der Waals surface area contributed by atoms with E-state index >= 15 is 0 Å². The van der Waals surface area contributed by atoms with Crippen LogP contribution < -0.4 is 0 Å². The van der Waals surface area contributed by atoms with Crippen LogP contribution in [0.15, 0.2) is 18.2 Å². The molecule has 6 nitrogen and oxygen atoms in total. The molecule has 1 saturated carbocycles. The van der Waals surface area contributed by atoms with Crippen LogP contribution >= 0.6 is 0 Å². The molecule has 1 aromatic heterocycles. The standard InChI is InChI=1S/C19H25N3O3/c1-3-25-16-11-15(23)19(16)6-8-22(9-7-19)18(24)17-13-10-12(2)4-5-14(13)20-21-17/h4-5,10,15-16,23H,3,6-9,11H2,1-2H3,(H,20,21)/t15-,16-/m1/s1. The van der Waals surface area contributed by atoms with Crippen LogP contribution in [0.4, 0.5) is 0 Å². The fourth-order valence-corrected chi connectivity index (χ4v) is 4.38. The first-order chi connectivity index (χ1) is 12.0. The molecular formula is C19H25N3O3. The van der Waals surface area contributed by atoms with Gasteiger partial charge in [-0.05, 0) is 38.8 Å². The molecule has 2 N–H and O–H groups in total. The molecule has 2 heterocycles. The Morgan fingerprint density at radius 3 is 2.88 bits per heavy atom. The molecule has 4 rings (SSSR count). The molecule has 1 amide bonds. The molecule has 0 unspecified atom stereocenters. The summed E-state index contributed by atoms with van der Waals surface area (Å²) in [6, 6.07) is 5.96. The van der Waals surface area contributed by atoms with Gasteiger partial charge in [-0.25, -0.2) is 0 Å². The van der Waals surface area contributed by atoms with E-state index in [-0.39, 0.29) is 23.5 Å². The highest BCUT2D eigenvalue weighted by Crippen LogP contribution is 2.51. The predicted molar refractivity (Wildman–Crippen MR) is 94.4 cm³/mol. The summed E-state index contributed by atoms with van der Waals surface area (Å²) in [6.07, 6.45) is 2.09. The van der Waals surface area contributed by atoms with Crippen molar-refractivity contribution in [3.8, 4) is 0 Å². The molecule has 6 heteroatoms. The highest BCUT2D eigenvalue weighted by Gasteiger charge is 2.56. The van der Waals surface area contributed by atoms with Crippen LogP contribution in [0.5, 0.6) is 0 Å². The minimum atomic E-state index is -0.310. The number of aromatic amines is 1. The molecule has 1 spiro atoms. The lowest BCUT2D eigenvalue weighted by molar-refractivity contribution is -0.207. The van der Waals surface area contributed by atoms with Gasteiger partial charge in [0.05, 0.1) is 17.7 Å². The van der Waals surface area contributed by atoms with E-state index in [1.165, 1.54) is 0 Å². The van der Waals surface area contributed by atoms with Gasteiger partial charge in [0.2, 0.25) is 0 Å². The Labute approximate surface area is 147 Å². The van der Waals surface area contributed by atoms with E-state index in [9.17, 15) is 9.90 Å². The van der Waals surface area contributed by atoms with Crippen molar-refractivity contribution in [3.05, 3.63) is 29.5 Å². The number of carbonyl (C=O) groups excluding carboxylic acids is 1. The SMILES string of the molecule is CCO[C@@H]1C[C@@H](O)C12CCN(C(=O)c1n[nH]c3ccc(C)cc13)CC2. The molecule has 0 radical (unpaired) electrons. The molecule has 1 aromatic carbocycles. The van der Waals surface area contributed by atoms with Crippen molar-refractivity contribution >= 4 is 16.8 Å². The number of hydrogen-bond donors (Lipinski definition) is 2. The number of fused-ring (bicyclic) bond motifs is 1. The Morgan fingerprint density at radius 1 is 1.44 bits per heavy atom. The topological polar surface area (TPSA) is 78.5 Å². The summed E-state index contributed by atoms with van der Waals surface area (Å²) >= 11 is 0. The van der Waals surface area contributed by atoms with Crippen LogP contribution in [-0.4, -0.2) is 58.0 Å². The lowest BCUT2D eigenvalue weighted by Gasteiger charge is -2.56. The van der Waals surface area contributed by atoms with Gasteiger partial charge in [0, 0.05) is 36.9 Å². The first kappa shape index (κ1) is 16.5. The second-order valence-corrected chi connectivity index (χ2v) is 7.34. The Morgan fingerprint density at radius 2 is 2.20 bits per heavy atom. The Bertz CT molecular complexity index is 790. The third-order valence-electron chi connectivity index (χ3n) is 6.01. The number of aliphatic hydroxyl groups is 1. The number of nitrogens with one attached hydrogen (secondary N) is 1. The van der Waals surface area contributed by atoms with E-state index in [1.54, 1.807) is 0 Å². The molecule has 2 fully saturated rings. The molecule has 0 bridgehead atoms. The Kier molecular flexibility index (Phi) is 4.04. The molecule has 2 aromatic rings. The van der Waals surface area contributed by atoms with Crippen LogP contribution in [0.3, 0.4) is 0 Å². The summed E-state index contributed by atoms with van der Waals surface area (Å²) in [5.41, 5.74) is 2.31. The number of aromatic nitrogens is 2. The highest BCUT2D eigenvalue weighted by molar-refractivity contribution is 6.04. The average molecular weight is 343 g/mol. The molecule has 134 valence electrons. The predicted octanol–water partition coefficient (Wildman–Crippen LogP) is 2.26. The van der Waals surface area contributed by atoms with E-state index < -0.39 is 0 Å². The molecule has 2 aliphatic rings. The third kappa shape index (κ3) is 2.55. The maximum absolute atomic E-state index is 12.9. The zero-order valence-electron chi connectivity index (χ0n) is 14.8. The number of amides is 1. The summed E-state index contributed by atoms with van der Waals surface area (Å²) in [5, 5.41) is 18.4. The van der Waals surface area contributed by atoms with Gasteiger partial charge in [-0.2, -0.15) is 5.10 Å². The van der Waals surface area contributed by atoms with Crippen molar-refractivity contribution < 1.29 is 14.6 Å². The van der Waals surface area contributed by atoms with Crippen LogP contribution in [0, 0.1) is 12.3 Å². The molecule has 25 heavy (non-hydrogen) atoms. The second-order valence-electron chi connectivity index (χ2n) is 7.34. The van der Waals surface area contributed by atoms with Crippen molar-refractivity contribution in [1.29, 1.82) is 0 Å². The van der Waals surface area contributed by atoms with E-state index in [1.807, 2.05) is 36.9 Å². The largest absolute Gasteiger partial charge is 0.392 e. The second kappa shape index (κ2) is 6.11. The minimum absolute atomic E-state index is 0.0338. The normalized spacial score (nSPS) is 25.3. The van der Waals surface area contributed by atoms with Crippen LogP contribution in [0.1, 0.15) is 42.2 Å². The summed E-state index contributed by atoms with van der Waals surface area (Å²) in [4.78, 5) is 14.8. The van der Waals surface area contributed by atoms with Crippen molar-refractivity contribution in [2.75, 3.05) is 19.7 Å². The molecule has 1 saturated heterocycles. The number of piperidine rings is 1. The number of likely N-dealkylation sites (tertiary alicyclic amines) is 1. The summed E-state index contributed by atoms with van der Waals surface area (Å²) in [6.45, 7) is 5.94. The van der Waals surface area contributed by atoms with E-state index in [2.05, 4.69) is 10.2 Å². The van der Waals surface area contributed by atoms with Crippen LogP contribution in [-0.2, 0) is 4.74 Å². The number of benzene rings is 1. The van der Waals surface area contributed by atoms with Crippen molar-refractivity contribution in [3.63, 3.8) is 0 Å². The number of hydrogen-bond acceptors (Lipinski definition) is 4. The number of ether oxygens (including phenoxy) is 1. The molecular weight excluding hydrogens is 318 g/mol. The fraction of sp³-hybridized carbons (Fsp3) is 0.579. The first-order valence-electron chi connectivity index (χ1n) is 9.09. The minimum Gasteiger partial charge on any atom is -0.392 e. The van der Waals surface area contributed by atoms with Gasteiger partial charge in [0.1, 0.15) is 0 Å². The van der Waals surface area contributed by atoms with Crippen molar-refractivity contribution in [2.45, 2.75) is 45.3 Å². The molecule has 1 aliphatic carbocycles. The van der Waals surface area contributed by atoms with Gasteiger partial charge in [-0.15, -0.1) is 0 Å². The summed E-state index contributed by atoms with van der Waals surface area (Å²) in [5.74, 6) is -0.0338. The van der Waals surface area contributed by atoms with Gasteiger partial charge in [0.25, 0.3) is 5.91 Å². The lowest BCUT2D eigenvalue weighted by atomic mass is 9.58. The molecule has 2 atom stereocenters. The van der Waals surface area contributed by atoms with Crippen LogP contribution in [0.2, 0.25) is 0 Å². The van der Waals surface area contributed by atoms with Gasteiger partial charge in [0.15, 0.2) is 5.69 Å². The fourth-order valence-electron chi connectivity index (χ4n) is 4.38. The quantitative estimate of drug-likeness (QED) is 0.896. The Hall–Kier alpha value is -1.92. The van der Waals surface area contributed by atoms with Gasteiger partial charge in [-0.3, -0.25) is 9.89 Å². The van der Waals surface area contributed by atoms with E-state index in [0.717, 1.165) is 29.3 Å². The number of H-pyrrole nitrogens is 1. The number of aryl methyl sites for hydroxylation is 1. The summed E-state index contributed by atoms with van der Waals surface area (Å²) in [7, 11) is 0. The number of rotatable bonds is 3. The van der Waals surface area contributed by atoms with Gasteiger partial charge in [-0.1, -0.05) is 11.6 Å². The lowest BCUT2D eigenvalue weighted by Crippen LogP contribution is -2.62. The maximum atomic E-state index is 12.9. The number of carbonyl (C=O) groups is 1. The third-order valence-corrected chi connectivity index (χ3v) is 6.01. The van der Waals surface area contributed by atoms with Crippen LogP contribution in [0.25, 0.3) is 10.9 Å².